The molecule has 0 bridgehead atoms. The minimum absolute atomic E-state index is 0.776. The fraction of sp³-hybridized carbons (Fsp3) is 0.400. The van der Waals surface area contributed by atoms with Crippen molar-refractivity contribution in [2.75, 3.05) is 14.2 Å². The van der Waals surface area contributed by atoms with Crippen LogP contribution in [0.2, 0.25) is 0 Å². The molecule has 2 heteroatoms. The first-order valence-electron chi connectivity index (χ1n) is 7.90. The van der Waals surface area contributed by atoms with E-state index in [-0.39, 0.29) is 0 Å². The fourth-order valence-electron chi connectivity index (χ4n) is 2.20. The summed E-state index contributed by atoms with van der Waals surface area (Å²) in [6.45, 7) is 8.46. The molecule has 2 nitrogen and oxygen atoms in total. The Morgan fingerprint density at radius 1 is 1.05 bits per heavy atom. The number of ether oxygens (including phenoxy) is 2. The fourth-order valence-corrected chi connectivity index (χ4v) is 2.20. The quantitative estimate of drug-likeness (QED) is 0.424. The van der Waals surface area contributed by atoms with Crippen molar-refractivity contribution in [3.63, 3.8) is 0 Å². The van der Waals surface area contributed by atoms with Gasteiger partial charge in [-0.3, -0.25) is 0 Å². The predicted octanol–water partition coefficient (Wildman–Crippen LogP) is 5.80. The smallest absolute Gasteiger partial charge is 0.123 e. The van der Waals surface area contributed by atoms with Crippen LogP contribution in [0, 0.1) is 0 Å². The van der Waals surface area contributed by atoms with Crippen molar-refractivity contribution in [3.05, 3.63) is 54.1 Å². The van der Waals surface area contributed by atoms with Crippen molar-refractivity contribution in [3.8, 4) is 11.5 Å². The lowest BCUT2D eigenvalue weighted by molar-refractivity contribution is 0.394. The molecule has 0 amide bonds. The molecule has 1 rings (SSSR count). The van der Waals surface area contributed by atoms with Gasteiger partial charge in [-0.2, -0.15) is 0 Å². The van der Waals surface area contributed by atoms with E-state index < -0.39 is 0 Å². The van der Waals surface area contributed by atoms with Crippen LogP contribution in [0.25, 0.3) is 5.57 Å². The third kappa shape index (κ3) is 5.80. The van der Waals surface area contributed by atoms with Crippen LogP contribution in [0.5, 0.6) is 11.5 Å². The normalized spacial score (nSPS) is 11.7. The van der Waals surface area contributed by atoms with Gasteiger partial charge < -0.3 is 9.47 Å². The van der Waals surface area contributed by atoms with E-state index in [0.717, 1.165) is 29.1 Å². The van der Waals surface area contributed by atoms with Crippen LogP contribution < -0.4 is 9.47 Å². The molecule has 0 heterocycles. The Morgan fingerprint density at radius 2 is 1.68 bits per heavy atom. The summed E-state index contributed by atoms with van der Waals surface area (Å²) in [6.07, 6.45) is 11.3. The topological polar surface area (TPSA) is 18.5 Å². The molecule has 0 N–H and O–H groups in total. The molecule has 22 heavy (non-hydrogen) atoms. The Bertz CT molecular complexity index is 516. The number of methoxy groups -OCH3 is 2. The average molecular weight is 300 g/mol. The van der Waals surface area contributed by atoms with E-state index in [4.69, 9.17) is 9.47 Å². The van der Waals surface area contributed by atoms with Crippen LogP contribution in [0.3, 0.4) is 0 Å². The van der Waals surface area contributed by atoms with Crippen LogP contribution in [-0.4, -0.2) is 14.2 Å². The maximum absolute atomic E-state index is 5.30. The highest BCUT2D eigenvalue weighted by atomic mass is 16.5. The number of hydrogen-bond acceptors (Lipinski definition) is 2. The van der Waals surface area contributed by atoms with Crippen LogP contribution in [-0.2, 0) is 0 Å². The third-order valence-electron chi connectivity index (χ3n) is 3.66. The van der Waals surface area contributed by atoms with E-state index in [0.29, 0.717) is 0 Å². The van der Waals surface area contributed by atoms with Crippen LogP contribution in [0.15, 0.2) is 48.6 Å². The number of rotatable bonds is 9. The lowest BCUT2D eigenvalue weighted by Crippen LogP contribution is -1.90. The first kappa shape index (κ1) is 18.1. The molecule has 0 aliphatic heterocycles. The van der Waals surface area contributed by atoms with Crippen molar-refractivity contribution in [2.45, 2.75) is 39.5 Å². The molecule has 0 saturated heterocycles. The van der Waals surface area contributed by atoms with Gasteiger partial charge in [0.25, 0.3) is 0 Å². The minimum atomic E-state index is 0.776. The molecule has 0 aromatic heterocycles. The molecule has 0 radical (unpaired) electrons. The molecule has 0 aliphatic carbocycles. The van der Waals surface area contributed by atoms with Crippen LogP contribution in [0.1, 0.15) is 45.1 Å². The Labute approximate surface area is 135 Å². The van der Waals surface area contributed by atoms with Gasteiger partial charge in [-0.05, 0) is 43.0 Å². The molecule has 0 fully saturated rings. The van der Waals surface area contributed by atoms with Gasteiger partial charge in [0.05, 0.1) is 14.2 Å². The van der Waals surface area contributed by atoms with Crippen molar-refractivity contribution in [2.24, 2.45) is 0 Å². The molecule has 1 aromatic rings. The van der Waals surface area contributed by atoms with Gasteiger partial charge in [0.15, 0.2) is 0 Å². The zero-order valence-corrected chi connectivity index (χ0v) is 14.3. The second-order valence-electron chi connectivity index (χ2n) is 5.28. The number of unbranched alkanes of at least 4 members (excludes halogenated alkanes) is 2. The summed E-state index contributed by atoms with van der Waals surface area (Å²) in [4.78, 5) is 0. The SMILES string of the molecule is C=C(/C=C\C(=C/C)CCCCC)c1cc(OC)cc(OC)c1. The van der Waals surface area contributed by atoms with E-state index >= 15 is 0 Å². The van der Waals surface area contributed by atoms with E-state index in [9.17, 15) is 0 Å². The van der Waals surface area contributed by atoms with E-state index in [1.54, 1.807) is 14.2 Å². The molecule has 0 unspecified atom stereocenters. The van der Waals surface area contributed by atoms with Crippen molar-refractivity contribution >= 4 is 5.57 Å². The standard InChI is InChI=1S/C20H28O2/c1-6-8-9-10-17(7-2)12-11-16(3)18-13-19(21-4)15-20(14-18)22-5/h7,11-15H,3,6,8-10H2,1-2,4-5H3/b12-11-,17-7-. The van der Waals surface area contributed by atoms with Gasteiger partial charge in [-0.15, -0.1) is 0 Å². The van der Waals surface area contributed by atoms with Crippen LogP contribution >= 0.6 is 0 Å². The first-order valence-corrected chi connectivity index (χ1v) is 7.90. The summed E-state index contributed by atoms with van der Waals surface area (Å²) in [5, 5.41) is 0. The molecular formula is C20H28O2. The van der Waals surface area contributed by atoms with Gasteiger partial charge in [0.1, 0.15) is 11.5 Å². The zero-order chi connectivity index (χ0) is 16.4. The van der Waals surface area contributed by atoms with Gasteiger partial charge in [-0.25, -0.2) is 0 Å². The Hall–Kier alpha value is -1.96. The summed E-state index contributed by atoms with van der Waals surface area (Å²) in [6, 6.07) is 5.81. The lowest BCUT2D eigenvalue weighted by atomic mass is 10.0. The van der Waals surface area contributed by atoms with Gasteiger partial charge >= 0.3 is 0 Å². The summed E-state index contributed by atoms with van der Waals surface area (Å²) < 4.78 is 10.6. The molecule has 0 aliphatic rings. The van der Waals surface area contributed by atoms with Gasteiger partial charge in [0.2, 0.25) is 0 Å². The summed E-state index contributed by atoms with van der Waals surface area (Å²) in [7, 11) is 3.31. The zero-order valence-electron chi connectivity index (χ0n) is 14.3. The second kappa shape index (κ2) is 9.88. The van der Waals surface area contributed by atoms with Crippen LogP contribution in [0.4, 0.5) is 0 Å². The van der Waals surface area contributed by atoms with Gasteiger partial charge in [0, 0.05) is 6.07 Å². The highest BCUT2D eigenvalue weighted by molar-refractivity contribution is 5.74. The van der Waals surface area contributed by atoms with E-state index in [2.05, 4.69) is 38.7 Å². The minimum Gasteiger partial charge on any atom is -0.497 e. The Kier molecular flexibility index (Phi) is 8.13. The van der Waals surface area contributed by atoms with E-state index in [1.165, 1.54) is 24.8 Å². The summed E-state index contributed by atoms with van der Waals surface area (Å²) >= 11 is 0. The predicted molar refractivity (Wildman–Crippen MR) is 95.6 cm³/mol. The summed E-state index contributed by atoms with van der Waals surface area (Å²) in [5.41, 5.74) is 3.31. The lowest BCUT2D eigenvalue weighted by Gasteiger charge is -2.09. The Balaban J connectivity index is 2.81. The van der Waals surface area contributed by atoms with Crippen molar-refractivity contribution in [1.29, 1.82) is 0 Å². The summed E-state index contributed by atoms with van der Waals surface area (Å²) in [5.74, 6) is 1.55. The average Bonchev–Trinajstić information content (AvgIpc) is 2.57. The first-order chi connectivity index (χ1) is 10.6. The molecular weight excluding hydrogens is 272 g/mol. The largest absolute Gasteiger partial charge is 0.497 e. The number of benzene rings is 1. The maximum Gasteiger partial charge on any atom is 0.123 e. The van der Waals surface area contributed by atoms with Crippen molar-refractivity contribution in [1.82, 2.24) is 0 Å². The van der Waals surface area contributed by atoms with Crippen molar-refractivity contribution < 1.29 is 9.47 Å². The number of hydrogen-bond donors (Lipinski definition) is 0. The molecule has 0 saturated carbocycles. The highest BCUT2D eigenvalue weighted by Gasteiger charge is 2.03. The molecule has 120 valence electrons. The highest BCUT2D eigenvalue weighted by Crippen LogP contribution is 2.27. The molecule has 0 spiro atoms. The monoisotopic (exact) mass is 300 g/mol. The number of allylic oxidation sites excluding steroid dienone is 5. The maximum atomic E-state index is 5.30. The van der Waals surface area contributed by atoms with Gasteiger partial charge in [-0.1, -0.05) is 50.1 Å². The third-order valence-corrected chi connectivity index (χ3v) is 3.66. The Morgan fingerprint density at radius 3 is 2.18 bits per heavy atom. The molecule has 1 aromatic carbocycles. The second-order valence-corrected chi connectivity index (χ2v) is 5.28. The van der Waals surface area contributed by atoms with E-state index in [1.807, 2.05) is 18.2 Å². The molecule has 0 atom stereocenters.